The number of aryl methyl sites for hydroxylation is 1. The van der Waals surface area contributed by atoms with Gasteiger partial charge in [-0.05, 0) is 19.8 Å². The number of thiol groups is 1. The van der Waals surface area contributed by atoms with Crippen LogP contribution in [0.3, 0.4) is 0 Å². The summed E-state index contributed by atoms with van der Waals surface area (Å²) in [4.78, 5) is 8.76. The van der Waals surface area contributed by atoms with E-state index in [2.05, 4.69) is 33.2 Å². The van der Waals surface area contributed by atoms with Gasteiger partial charge in [-0.2, -0.15) is 12.6 Å². The fourth-order valence-corrected chi connectivity index (χ4v) is 2.08. The van der Waals surface area contributed by atoms with Gasteiger partial charge in [-0.25, -0.2) is 9.97 Å². The molecule has 2 N–H and O–H groups in total. The summed E-state index contributed by atoms with van der Waals surface area (Å²) in [5, 5.41) is 6.67. The van der Waals surface area contributed by atoms with E-state index >= 15 is 0 Å². The Balaban J connectivity index is 1.99. The van der Waals surface area contributed by atoms with E-state index in [9.17, 15) is 0 Å². The van der Waals surface area contributed by atoms with E-state index in [1.165, 1.54) is 0 Å². The van der Waals surface area contributed by atoms with Gasteiger partial charge in [0.2, 0.25) is 0 Å². The van der Waals surface area contributed by atoms with Crippen LogP contribution in [-0.4, -0.2) is 41.5 Å². The average molecular weight is 268 g/mol. The average Bonchev–Trinajstić information content (AvgIpc) is 2.37. The Morgan fingerprint density at radius 2 is 2.06 bits per heavy atom. The molecule has 0 unspecified atom stereocenters. The predicted octanol–water partition coefficient (Wildman–Crippen LogP) is 1.72. The number of hydrogen-bond donors (Lipinski definition) is 3. The highest BCUT2D eigenvalue weighted by Gasteiger charge is 2.14. The first kappa shape index (κ1) is 13.4. The molecule has 0 atom stereocenters. The van der Waals surface area contributed by atoms with Crippen LogP contribution in [0.25, 0.3) is 0 Å². The highest BCUT2D eigenvalue weighted by molar-refractivity contribution is 7.80. The molecule has 6 heteroatoms. The SMILES string of the molecule is Cc1nc(NCCS)cc(NC2CCOCC2)n1. The van der Waals surface area contributed by atoms with Crippen LogP contribution in [0, 0.1) is 6.92 Å². The van der Waals surface area contributed by atoms with Crippen molar-refractivity contribution in [1.29, 1.82) is 0 Å². The van der Waals surface area contributed by atoms with Crippen molar-refractivity contribution in [3.63, 3.8) is 0 Å². The van der Waals surface area contributed by atoms with Crippen LogP contribution in [-0.2, 0) is 4.74 Å². The van der Waals surface area contributed by atoms with Gasteiger partial charge in [-0.1, -0.05) is 0 Å². The van der Waals surface area contributed by atoms with Crippen LogP contribution >= 0.6 is 12.6 Å². The molecule has 1 aliphatic heterocycles. The second kappa shape index (κ2) is 6.80. The minimum atomic E-state index is 0.450. The third-order valence-corrected chi connectivity index (χ3v) is 3.05. The van der Waals surface area contributed by atoms with Crippen molar-refractivity contribution in [3.05, 3.63) is 11.9 Å². The Bertz CT molecular complexity index is 382. The molecule has 2 heterocycles. The lowest BCUT2D eigenvalue weighted by Gasteiger charge is -2.23. The predicted molar refractivity (Wildman–Crippen MR) is 76.6 cm³/mol. The van der Waals surface area contributed by atoms with Crippen LogP contribution < -0.4 is 10.6 Å². The summed E-state index contributed by atoms with van der Waals surface area (Å²) in [5.74, 6) is 3.29. The maximum absolute atomic E-state index is 5.34. The Labute approximate surface area is 113 Å². The Kier molecular flexibility index (Phi) is 5.07. The van der Waals surface area contributed by atoms with Gasteiger partial charge < -0.3 is 15.4 Å². The molecule has 18 heavy (non-hydrogen) atoms. The van der Waals surface area contributed by atoms with Gasteiger partial charge >= 0.3 is 0 Å². The van der Waals surface area contributed by atoms with Crippen molar-refractivity contribution < 1.29 is 4.74 Å². The summed E-state index contributed by atoms with van der Waals surface area (Å²) in [5.41, 5.74) is 0. The fraction of sp³-hybridized carbons (Fsp3) is 0.667. The molecule has 0 amide bonds. The normalized spacial score (nSPS) is 16.6. The molecule has 0 bridgehead atoms. The van der Waals surface area contributed by atoms with Crippen molar-refractivity contribution in [3.8, 4) is 0 Å². The van der Waals surface area contributed by atoms with Gasteiger partial charge in [0.1, 0.15) is 17.5 Å². The summed E-state index contributed by atoms with van der Waals surface area (Å²) in [6, 6.07) is 2.40. The monoisotopic (exact) mass is 268 g/mol. The molecule has 1 saturated heterocycles. The molecule has 5 nitrogen and oxygen atoms in total. The van der Waals surface area contributed by atoms with Crippen molar-refractivity contribution in [2.24, 2.45) is 0 Å². The highest BCUT2D eigenvalue weighted by Crippen LogP contribution is 2.16. The summed E-state index contributed by atoms with van der Waals surface area (Å²) < 4.78 is 5.34. The lowest BCUT2D eigenvalue weighted by Crippen LogP contribution is -2.28. The number of rotatable bonds is 5. The Morgan fingerprint density at radius 3 is 2.78 bits per heavy atom. The van der Waals surface area contributed by atoms with Crippen molar-refractivity contribution in [2.75, 3.05) is 36.1 Å². The van der Waals surface area contributed by atoms with Crippen LogP contribution in [0.1, 0.15) is 18.7 Å². The van der Waals surface area contributed by atoms with E-state index in [-0.39, 0.29) is 0 Å². The third kappa shape index (κ3) is 4.03. The third-order valence-electron chi connectivity index (χ3n) is 2.83. The number of aromatic nitrogens is 2. The maximum atomic E-state index is 5.34. The molecule has 1 aromatic heterocycles. The van der Waals surface area contributed by atoms with E-state index in [0.29, 0.717) is 6.04 Å². The molecule has 0 radical (unpaired) electrons. The molecule has 1 aromatic rings. The largest absolute Gasteiger partial charge is 0.381 e. The molecular formula is C12H20N4OS. The summed E-state index contributed by atoms with van der Waals surface area (Å²) in [7, 11) is 0. The smallest absolute Gasteiger partial charge is 0.132 e. The van der Waals surface area contributed by atoms with E-state index in [1.807, 2.05) is 13.0 Å². The van der Waals surface area contributed by atoms with Crippen molar-refractivity contribution in [2.45, 2.75) is 25.8 Å². The van der Waals surface area contributed by atoms with Gasteiger partial charge in [0, 0.05) is 37.6 Å². The maximum Gasteiger partial charge on any atom is 0.132 e. The van der Waals surface area contributed by atoms with E-state index in [0.717, 1.165) is 55.8 Å². The number of hydrogen-bond acceptors (Lipinski definition) is 6. The van der Waals surface area contributed by atoms with Gasteiger partial charge in [-0.3, -0.25) is 0 Å². The second-order valence-corrected chi connectivity index (χ2v) is 4.81. The molecule has 0 saturated carbocycles. The summed E-state index contributed by atoms with van der Waals surface area (Å²) in [6.45, 7) is 4.36. The molecule has 100 valence electrons. The van der Waals surface area contributed by atoms with E-state index < -0.39 is 0 Å². The Hall–Kier alpha value is -1.01. The lowest BCUT2D eigenvalue weighted by atomic mass is 10.1. The standard InChI is InChI=1S/C12H20N4OS/c1-9-14-11(13-4-7-18)8-12(15-9)16-10-2-5-17-6-3-10/h8,10,18H,2-7H2,1H3,(H2,13,14,15,16). The zero-order chi connectivity index (χ0) is 12.8. The van der Waals surface area contributed by atoms with Crippen LogP contribution in [0.5, 0.6) is 0 Å². The lowest BCUT2D eigenvalue weighted by molar-refractivity contribution is 0.0904. The Morgan fingerprint density at radius 1 is 1.33 bits per heavy atom. The molecule has 1 aliphatic rings. The summed E-state index contributed by atoms with van der Waals surface area (Å²) >= 11 is 4.17. The number of ether oxygens (including phenoxy) is 1. The van der Waals surface area contributed by atoms with Gasteiger partial charge in [-0.15, -0.1) is 0 Å². The molecule has 2 rings (SSSR count). The van der Waals surface area contributed by atoms with Crippen molar-refractivity contribution >= 4 is 24.3 Å². The first-order chi connectivity index (χ1) is 8.78. The molecular weight excluding hydrogens is 248 g/mol. The first-order valence-corrected chi connectivity index (χ1v) is 6.96. The summed E-state index contributed by atoms with van der Waals surface area (Å²) in [6.07, 6.45) is 2.06. The first-order valence-electron chi connectivity index (χ1n) is 6.32. The minimum Gasteiger partial charge on any atom is -0.381 e. The number of anilines is 2. The molecule has 1 fully saturated rings. The van der Waals surface area contributed by atoms with Crippen LogP contribution in [0.2, 0.25) is 0 Å². The van der Waals surface area contributed by atoms with Gasteiger partial charge in [0.25, 0.3) is 0 Å². The number of nitrogens with one attached hydrogen (secondary N) is 2. The topological polar surface area (TPSA) is 59.1 Å². The zero-order valence-corrected chi connectivity index (χ0v) is 11.5. The minimum absolute atomic E-state index is 0.450. The van der Waals surface area contributed by atoms with Crippen LogP contribution in [0.4, 0.5) is 11.6 Å². The number of nitrogens with zero attached hydrogens (tertiary/aromatic N) is 2. The molecule has 0 spiro atoms. The van der Waals surface area contributed by atoms with Gasteiger partial charge in [0.05, 0.1) is 0 Å². The second-order valence-electron chi connectivity index (χ2n) is 4.37. The van der Waals surface area contributed by atoms with Gasteiger partial charge in [0.15, 0.2) is 0 Å². The van der Waals surface area contributed by atoms with E-state index in [4.69, 9.17) is 4.74 Å². The zero-order valence-electron chi connectivity index (χ0n) is 10.6. The van der Waals surface area contributed by atoms with Crippen LogP contribution in [0.15, 0.2) is 6.07 Å². The molecule has 0 aromatic carbocycles. The highest BCUT2D eigenvalue weighted by atomic mass is 32.1. The van der Waals surface area contributed by atoms with Crippen molar-refractivity contribution in [1.82, 2.24) is 9.97 Å². The fourth-order valence-electron chi connectivity index (χ4n) is 1.97. The van der Waals surface area contributed by atoms with E-state index in [1.54, 1.807) is 0 Å². The molecule has 0 aliphatic carbocycles. The quantitative estimate of drug-likeness (QED) is 0.710.